The van der Waals surface area contributed by atoms with E-state index in [2.05, 4.69) is 39.5 Å². The van der Waals surface area contributed by atoms with Gasteiger partial charge in [-0.1, -0.05) is 40.5 Å². The van der Waals surface area contributed by atoms with Crippen LogP contribution >= 0.6 is 11.8 Å². The molecule has 1 heterocycles. The molecule has 0 aromatic rings. The molecule has 1 saturated carbocycles. The van der Waals surface area contributed by atoms with Gasteiger partial charge >= 0.3 is 0 Å². The van der Waals surface area contributed by atoms with Crippen LogP contribution in [0.2, 0.25) is 0 Å². The highest BCUT2D eigenvalue weighted by molar-refractivity contribution is 8.00. The van der Waals surface area contributed by atoms with Gasteiger partial charge in [-0.15, -0.1) is 0 Å². The summed E-state index contributed by atoms with van der Waals surface area (Å²) in [5.41, 5.74) is 0. The zero-order valence-corrected chi connectivity index (χ0v) is 14.0. The lowest BCUT2D eigenvalue weighted by atomic mass is 9.66. The molecule has 1 aliphatic carbocycles. The molecule has 0 N–H and O–H groups in total. The second kappa shape index (κ2) is 6.20. The van der Waals surface area contributed by atoms with Gasteiger partial charge in [0.2, 0.25) is 0 Å². The molecule has 0 spiro atoms. The van der Waals surface area contributed by atoms with Gasteiger partial charge in [0.05, 0.1) is 0 Å². The second-order valence-electron chi connectivity index (χ2n) is 7.12. The number of Topliss-reactive ketones (excluding diaryl/α,β-unsaturated/α-hetero) is 1. The highest BCUT2D eigenvalue weighted by Gasteiger charge is 2.47. The fourth-order valence-corrected chi connectivity index (χ4v) is 6.39. The summed E-state index contributed by atoms with van der Waals surface area (Å²) >= 11 is 2.12. The Hall–Kier alpha value is 0.0200. The van der Waals surface area contributed by atoms with Crippen molar-refractivity contribution in [3.63, 3.8) is 0 Å². The fourth-order valence-electron chi connectivity index (χ4n) is 4.53. The summed E-state index contributed by atoms with van der Waals surface area (Å²) in [6.45, 7) is 11.1. The maximum absolute atomic E-state index is 11.9. The van der Waals surface area contributed by atoms with Gasteiger partial charge in [0.1, 0.15) is 5.78 Å². The van der Waals surface area contributed by atoms with Gasteiger partial charge in [-0.25, -0.2) is 0 Å². The van der Waals surface area contributed by atoms with Crippen LogP contribution in [0, 0.1) is 29.6 Å². The molecular formula is C17H30OS. The van der Waals surface area contributed by atoms with Crippen LogP contribution in [-0.2, 0) is 4.79 Å². The lowest BCUT2D eigenvalue weighted by Crippen LogP contribution is -2.36. The van der Waals surface area contributed by atoms with Crippen molar-refractivity contribution in [3.05, 3.63) is 0 Å². The third-order valence-corrected chi connectivity index (χ3v) is 7.27. The van der Waals surface area contributed by atoms with E-state index in [0.29, 0.717) is 17.0 Å². The number of hydrogen-bond donors (Lipinski definition) is 0. The van der Waals surface area contributed by atoms with Gasteiger partial charge in [0, 0.05) is 16.4 Å². The van der Waals surface area contributed by atoms with Gasteiger partial charge in [-0.05, 0) is 43.4 Å². The summed E-state index contributed by atoms with van der Waals surface area (Å²) < 4.78 is 0. The summed E-state index contributed by atoms with van der Waals surface area (Å²) in [5, 5.41) is 1.39. The van der Waals surface area contributed by atoms with E-state index < -0.39 is 0 Å². The molecule has 0 radical (unpaired) electrons. The molecule has 1 aliphatic heterocycles. The topological polar surface area (TPSA) is 17.1 Å². The van der Waals surface area contributed by atoms with Crippen molar-refractivity contribution in [2.45, 2.75) is 70.8 Å². The van der Waals surface area contributed by atoms with E-state index in [9.17, 15) is 4.79 Å². The predicted molar refractivity (Wildman–Crippen MR) is 84.5 cm³/mol. The normalized spacial score (nSPS) is 45.1. The third kappa shape index (κ3) is 3.20. The second-order valence-corrected chi connectivity index (χ2v) is 8.88. The SMILES string of the molecule is CC(=O)C(C)C1C(C)SC(C)C1C1CCC(C)CC1. The molecule has 2 aliphatic rings. The summed E-state index contributed by atoms with van der Waals surface area (Å²) in [6, 6.07) is 0. The fraction of sp³-hybridized carbons (Fsp3) is 0.941. The molecule has 5 unspecified atom stereocenters. The van der Waals surface area contributed by atoms with Crippen LogP contribution in [0.25, 0.3) is 0 Å². The Kier molecular flexibility index (Phi) is 5.03. The lowest BCUT2D eigenvalue weighted by Gasteiger charge is -2.37. The van der Waals surface area contributed by atoms with Crippen molar-refractivity contribution in [3.8, 4) is 0 Å². The summed E-state index contributed by atoms with van der Waals surface area (Å²) in [7, 11) is 0. The molecule has 0 aromatic heterocycles. The Morgan fingerprint density at radius 3 is 2.16 bits per heavy atom. The molecule has 110 valence electrons. The largest absolute Gasteiger partial charge is 0.300 e. The molecular weight excluding hydrogens is 252 g/mol. The number of carbonyl (C=O) groups excluding carboxylic acids is 1. The molecule has 2 fully saturated rings. The molecule has 2 heteroatoms. The van der Waals surface area contributed by atoms with Gasteiger partial charge < -0.3 is 0 Å². The lowest BCUT2D eigenvalue weighted by molar-refractivity contribution is -0.122. The first-order valence-corrected chi connectivity index (χ1v) is 9.02. The first kappa shape index (κ1) is 15.4. The van der Waals surface area contributed by atoms with E-state index in [1.807, 2.05) is 0 Å². The van der Waals surface area contributed by atoms with Crippen molar-refractivity contribution < 1.29 is 4.79 Å². The average molecular weight is 282 g/mol. The van der Waals surface area contributed by atoms with Crippen LogP contribution in [0.4, 0.5) is 0 Å². The molecule has 0 amide bonds. The minimum atomic E-state index is 0.247. The predicted octanol–water partition coefficient (Wildman–Crippen LogP) is 4.79. The zero-order valence-electron chi connectivity index (χ0n) is 13.2. The third-order valence-electron chi connectivity index (χ3n) is 5.78. The van der Waals surface area contributed by atoms with Crippen LogP contribution in [0.15, 0.2) is 0 Å². The molecule has 2 rings (SSSR count). The Morgan fingerprint density at radius 2 is 1.63 bits per heavy atom. The summed E-state index contributed by atoms with van der Waals surface area (Å²) in [4.78, 5) is 11.9. The highest BCUT2D eigenvalue weighted by Crippen LogP contribution is 2.52. The summed E-state index contributed by atoms with van der Waals surface area (Å²) in [5.74, 6) is 3.80. The van der Waals surface area contributed by atoms with E-state index >= 15 is 0 Å². The van der Waals surface area contributed by atoms with Gasteiger partial charge in [0.15, 0.2) is 0 Å². The van der Waals surface area contributed by atoms with Crippen molar-refractivity contribution in [1.29, 1.82) is 0 Å². The van der Waals surface area contributed by atoms with Gasteiger partial charge in [-0.3, -0.25) is 4.79 Å². The van der Waals surface area contributed by atoms with Crippen LogP contribution in [0.3, 0.4) is 0 Å². The monoisotopic (exact) mass is 282 g/mol. The molecule has 0 bridgehead atoms. The quantitative estimate of drug-likeness (QED) is 0.740. The van der Waals surface area contributed by atoms with E-state index in [4.69, 9.17) is 0 Å². The van der Waals surface area contributed by atoms with Crippen LogP contribution in [-0.4, -0.2) is 16.3 Å². The molecule has 5 atom stereocenters. The number of carbonyl (C=O) groups is 1. The van der Waals surface area contributed by atoms with Crippen LogP contribution in [0.1, 0.15) is 60.3 Å². The van der Waals surface area contributed by atoms with E-state index in [-0.39, 0.29) is 5.92 Å². The van der Waals surface area contributed by atoms with E-state index in [1.54, 1.807) is 6.92 Å². The van der Waals surface area contributed by atoms with Crippen LogP contribution < -0.4 is 0 Å². The average Bonchev–Trinajstić information content (AvgIpc) is 2.64. The standard InChI is InChI=1S/C17H30OS/c1-10-6-8-15(9-7-10)17-14(5)19-13(4)16(17)11(2)12(3)18/h10-11,13-17H,6-9H2,1-5H3. The summed E-state index contributed by atoms with van der Waals surface area (Å²) in [6.07, 6.45) is 5.58. The maximum Gasteiger partial charge on any atom is 0.132 e. The number of rotatable bonds is 3. The van der Waals surface area contributed by atoms with Crippen molar-refractivity contribution in [2.75, 3.05) is 0 Å². The molecule has 1 saturated heterocycles. The number of ketones is 1. The Morgan fingerprint density at radius 1 is 1.05 bits per heavy atom. The Balaban J connectivity index is 2.13. The molecule has 0 aromatic carbocycles. The highest BCUT2D eigenvalue weighted by atomic mass is 32.2. The van der Waals surface area contributed by atoms with Crippen molar-refractivity contribution >= 4 is 17.5 Å². The Bertz CT molecular complexity index is 319. The van der Waals surface area contributed by atoms with Crippen molar-refractivity contribution in [2.24, 2.45) is 29.6 Å². The molecule has 19 heavy (non-hydrogen) atoms. The van der Waals surface area contributed by atoms with Crippen LogP contribution in [0.5, 0.6) is 0 Å². The van der Waals surface area contributed by atoms with E-state index in [1.165, 1.54) is 25.7 Å². The Labute approximate surface area is 123 Å². The molecule has 1 nitrogen and oxygen atoms in total. The minimum Gasteiger partial charge on any atom is -0.300 e. The van der Waals surface area contributed by atoms with Crippen molar-refractivity contribution in [1.82, 2.24) is 0 Å². The number of hydrogen-bond acceptors (Lipinski definition) is 2. The smallest absolute Gasteiger partial charge is 0.132 e. The zero-order chi connectivity index (χ0) is 14.2. The van der Waals surface area contributed by atoms with Gasteiger partial charge in [0.25, 0.3) is 0 Å². The minimum absolute atomic E-state index is 0.247. The maximum atomic E-state index is 11.9. The van der Waals surface area contributed by atoms with Gasteiger partial charge in [-0.2, -0.15) is 11.8 Å². The first-order chi connectivity index (χ1) is 8.91. The van der Waals surface area contributed by atoms with E-state index in [0.717, 1.165) is 23.0 Å². The number of thioether (sulfide) groups is 1. The first-order valence-electron chi connectivity index (χ1n) is 8.07.